The SMILES string of the molecule is O=C(C[C@H](Sc1ccc(Br)cc1)C(=O)O)c1ccc(Cl)cc1. The number of carbonyl (C=O) groups excluding carboxylic acids is 1. The van der Waals surface area contributed by atoms with E-state index < -0.39 is 11.2 Å². The first kappa shape index (κ1) is 17.1. The molecule has 6 heteroatoms. The number of benzene rings is 2. The Labute approximate surface area is 145 Å². The molecule has 0 aliphatic rings. The van der Waals surface area contributed by atoms with Gasteiger partial charge in [-0.2, -0.15) is 0 Å². The van der Waals surface area contributed by atoms with Crippen LogP contribution in [0.5, 0.6) is 0 Å². The summed E-state index contributed by atoms with van der Waals surface area (Å²) in [6, 6.07) is 13.8. The number of thioether (sulfide) groups is 1. The van der Waals surface area contributed by atoms with Crippen molar-refractivity contribution < 1.29 is 14.7 Å². The van der Waals surface area contributed by atoms with E-state index in [0.717, 1.165) is 21.1 Å². The largest absolute Gasteiger partial charge is 0.480 e. The maximum Gasteiger partial charge on any atom is 0.317 e. The first-order chi connectivity index (χ1) is 10.5. The van der Waals surface area contributed by atoms with Gasteiger partial charge in [0, 0.05) is 26.4 Å². The minimum absolute atomic E-state index is 0.0717. The van der Waals surface area contributed by atoms with Crippen LogP contribution < -0.4 is 0 Å². The Kier molecular flexibility index (Phi) is 6.06. The van der Waals surface area contributed by atoms with Crippen LogP contribution >= 0.6 is 39.3 Å². The molecule has 2 aromatic rings. The van der Waals surface area contributed by atoms with Gasteiger partial charge in [-0.25, -0.2) is 0 Å². The highest BCUT2D eigenvalue weighted by Crippen LogP contribution is 2.28. The molecule has 0 radical (unpaired) electrons. The molecule has 0 amide bonds. The highest BCUT2D eigenvalue weighted by molar-refractivity contribution is 9.10. The minimum atomic E-state index is -1.00. The number of hydrogen-bond acceptors (Lipinski definition) is 3. The lowest BCUT2D eigenvalue weighted by Crippen LogP contribution is -2.20. The Bertz CT molecular complexity index is 671. The molecule has 114 valence electrons. The van der Waals surface area contributed by atoms with Crippen molar-refractivity contribution >= 4 is 51.0 Å². The van der Waals surface area contributed by atoms with Crippen LogP contribution in [0.2, 0.25) is 5.02 Å². The number of carboxylic acid groups (broad SMARTS) is 1. The van der Waals surface area contributed by atoms with Crippen molar-refractivity contribution in [1.29, 1.82) is 0 Å². The second-order valence-corrected chi connectivity index (χ2v) is 7.16. The van der Waals surface area contributed by atoms with Gasteiger partial charge in [0.05, 0.1) is 0 Å². The average Bonchev–Trinajstić information content (AvgIpc) is 2.49. The normalized spacial score (nSPS) is 11.9. The molecular weight excluding hydrogens is 388 g/mol. The number of rotatable bonds is 6. The summed E-state index contributed by atoms with van der Waals surface area (Å²) in [6.45, 7) is 0. The quantitative estimate of drug-likeness (QED) is 0.553. The minimum Gasteiger partial charge on any atom is -0.480 e. The van der Waals surface area contributed by atoms with Crippen LogP contribution in [0, 0.1) is 0 Å². The van der Waals surface area contributed by atoms with E-state index in [4.69, 9.17) is 11.6 Å². The predicted octanol–water partition coefficient (Wildman–Crippen LogP) is 4.92. The molecule has 0 saturated heterocycles. The third-order valence-electron chi connectivity index (χ3n) is 2.90. The van der Waals surface area contributed by atoms with Crippen LogP contribution in [-0.2, 0) is 4.79 Å². The molecule has 0 fully saturated rings. The van der Waals surface area contributed by atoms with Gasteiger partial charge in [0.25, 0.3) is 0 Å². The zero-order chi connectivity index (χ0) is 16.1. The lowest BCUT2D eigenvalue weighted by molar-refractivity contribution is -0.136. The van der Waals surface area contributed by atoms with Crippen LogP contribution in [-0.4, -0.2) is 22.1 Å². The predicted molar refractivity (Wildman–Crippen MR) is 91.8 cm³/mol. The van der Waals surface area contributed by atoms with Crippen LogP contribution in [0.15, 0.2) is 57.9 Å². The molecule has 0 heterocycles. The van der Waals surface area contributed by atoms with E-state index in [1.54, 1.807) is 24.3 Å². The summed E-state index contributed by atoms with van der Waals surface area (Å²) in [5, 5.41) is 9.03. The van der Waals surface area contributed by atoms with E-state index >= 15 is 0 Å². The fourth-order valence-corrected chi connectivity index (χ4v) is 3.13. The molecule has 22 heavy (non-hydrogen) atoms. The smallest absolute Gasteiger partial charge is 0.317 e. The molecule has 2 rings (SSSR count). The number of aliphatic carboxylic acids is 1. The van der Waals surface area contributed by atoms with Crippen LogP contribution in [0.25, 0.3) is 0 Å². The topological polar surface area (TPSA) is 54.4 Å². The maximum atomic E-state index is 12.2. The standard InChI is InChI=1S/C16H12BrClO3S/c17-11-3-7-13(8-4-11)22-15(16(20)21)9-14(19)10-1-5-12(18)6-2-10/h1-8,15H,9H2,(H,20,21)/t15-/m0/s1. The Morgan fingerprint density at radius 2 is 1.68 bits per heavy atom. The molecule has 0 aromatic heterocycles. The third-order valence-corrected chi connectivity index (χ3v) is 4.88. The first-order valence-corrected chi connectivity index (χ1v) is 8.44. The molecule has 3 nitrogen and oxygen atoms in total. The number of Topliss-reactive ketones (excluding diaryl/α,β-unsaturated/α-hetero) is 1. The molecule has 0 aliphatic heterocycles. The summed E-state index contributed by atoms with van der Waals surface area (Å²) in [5.74, 6) is -1.22. The van der Waals surface area contributed by atoms with Gasteiger partial charge in [0.15, 0.2) is 5.78 Å². The Hall–Kier alpha value is -1.30. The lowest BCUT2D eigenvalue weighted by atomic mass is 10.1. The molecule has 0 aliphatic carbocycles. The molecule has 1 atom stereocenters. The van der Waals surface area contributed by atoms with Crippen molar-refractivity contribution in [3.05, 3.63) is 63.6 Å². The second-order valence-electron chi connectivity index (χ2n) is 4.53. The molecule has 1 N–H and O–H groups in total. The Balaban J connectivity index is 2.08. The number of carbonyl (C=O) groups is 2. The summed E-state index contributed by atoms with van der Waals surface area (Å²) >= 11 is 10.3. The van der Waals surface area contributed by atoms with Crippen molar-refractivity contribution in [2.24, 2.45) is 0 Å². The van der Waals surface area contributed by atoms with Crippen molar-refractivity contribution in [1.82, 2.24) is 0 Å². The van der Waals surface area contributed by atoms with Gasteiger partial charge < -0.3 is 5.11 Å². The van der Waals surface area contributed by atoms with Crippen molar-refractivity contribution in [2.75, 3.05) is 0 Å². The maximum absolute atomic E-state index is 12.2. The fraction of sp³-hybridized carbons (Fsp3) is 0.125. The summed E-state index contributed by atoms with van der Waals surface area (Å²) in [4.78, 5) is 24.4. The summed E-state index contributed by atoms with van der Waals surface area (Å²) in [6.07, 6.45) is -0.0717. The first-order valence-electron chi connectivity index (χ1n) is 6.39. The molecule has 0 saturated carbocycles. The van der Waals surface area contributed by atoms with E-state index in [1.165, 1.54) is 0 Å². The van der Waals surface area contributed by atoms with Gasteiger partial charge in [-0.05, 0) is 48.5 Å². The summed E-state index contributed by atoms with van der Waals surface area (Å²) in [5.41, 5.74) is 0.465. The number of halogens is 2. The van der Waals surface area contributed by atoms with E-state index in [2.05, 4.69) is 15.9 Å². The van der Waals surface area contributed by atoms with E-state index in [9.17, 15) is 14.7 Å². The van der Waals surface area contributed by atoms with Gasteiger partial charge in [-0.3, -0.25) is 9.59 Å². The zero-order valence-corrected chi connectivity index (χ0v) is 14.5. The van der Waals surface area contributed by atoms with E-state index in [1.807, 2.05) is 24.3 Å². The molecule has 0 unspecified atom stereocenters. The highest BCUT2D eigenvalue weighted by Gasteiger charge is 2.23. The van der Waals surface area contributed by atoms with E-state index in [0.29, 0.717) is 10.6 Å². The van der Waals surface area contributed by atoms with Crippen LogP contribution in [0.1, 0.15) is 16.8 Å². The Morgan fingerprint density at radius 3 is 2.23 bits per heavy atom. The Morgan fingerprint density at radius 1 is 1.09 bits per heavy atom. The molecule has 0 spiro atoms. The molecule has 2 aromatic carbocycles. The van der Waals surface area contributed by atoms with Gasteiger partial charge >= 0.3 is 5.97 Å². The lowest BCUT2D eigenvalue weighted by Gasteiger charge is -2.11. The van der Waals surface area contributed by atoms with Gasteiger partial charge in [0.1, 0.15) is 5.25 Å². The van der Waals surface area contributed by atoms with Gasteiger partial charge in [-0.15, -0.1) is 11.8 Å². The third kappa shape index (κ3) is 4.87. The highest BCUT2D eigenvalue weighted by atomic mass is 79.9. The van der Waals surface area contributed by atoms with Crippen LogP contribution in [0.3, 0.4) is 0 Å². The number of carboxylic acids is 1. The van der Waals surface area contributed by atoms with Crippen molar-refractivity contribution in [3.63, 3.8) is 0 Å². The number of ketones is 1. The average molecular weight is 400 g/mol. The van der Waals surface area contributed by atoms with E-state index in [-0.39, 0.29) is 12.2 Å². The van der Waals surface area contributed by atoms with Gasteiger partial charge in [0.2, 0.25) is 0 Å². The zero-order valence-electron chi connectivity index (χ0n) is 11.3. The van der Waals surface area contributed by atoms with Gasteiger partial charge in [-0.1, -0.05) is 27.5 Å². The van der Waals surface area contributed by atoms with Crippen LogP contribution in [0.4, 0.5) is 0 Å². The second kappa shape index (κ2) is 7.81. The van der Waals surface area contributed by atoms with Crippen molar-refractivity contribution in [2.45, 2.75) is 16.6 Å². The summed E-state index contributed by atoms with van der Waals surface area (Å²) < 4.78 is 0.918. The molecular formula is C16H12BrClO3S. The number of hydrogen-bond donors (Lipinski definition) is 1. The molecule has 0 bridgehead atoms. The monoisotopic (exact) mass is 398 g/mol. The fourth-order valence-electron chi connectivity index (χ4n) is 1.78. The summed E-state index contributed by atoms with van der Waals surface area (Å²) in [7, 11) is 0. The van der Waals surface area contributed by atoms with Crippen molar-refractivity contribution in [3.8, 4) is 0 Å².